The monoisotopic (exact) mass is 215 g/mol. The third-order valence-corrected chi connectivity index (χ3v) is 1.97. The normalized spacial score (nSPS) is 10.4. The molecule has 88 valence electrons. The Morgan fingerprint density at radius 1 is 1.33 bits per heavy atom. The Hall–Kier alpha value is -0.870. The first-order valence-electron chi connectivity index (χ1n) is 5.16. The van der Waals surface area contributed by atoms with E-state index in [1.807, 2.05) is 7.05 Å². The Bertz CT molecular complexity index is 204. The number of esters is 1. The summed E-state index contributed by atoms with van der Waals surface area (Å²) in [5.74, 6) is -0.357. The van der Waals surface area contributed by atoms with Gasteiger partial charge in [0.15, 0.2) is 0 Å². The van der Waals surface area contributed by atoms with Crippen LogP contribution in [-0.2, 0) is 14.3 Å². The number of hydrogen-bond donors (Lipinski definition) is 0. The summed E-state index contributed by atoms with van der Waals surface area (Å²) in [6.07, 6.45) is 0. The SMILES string of the molecule is C=C(C)C(=O)OCCOCCN(C)CC. The number of hydrogen-bond acceptors (Lipinski definition) is 4. The van der Waals surface area contributed by atoms with Crippen LogP contribution in [0.15, 0.2) is 12.2 Å². The molecule has 0 aromatic rings. The minimum Gasteiger partial charge on any atom is -0.460 e. The topological polar surface area (TPSA) is 38.8 Å². The van der Waals surface area contributed by atoms with Gasteiger partial charge in [0.25, 0.3) is 0 Å². The van der Waals surface area contributed by atoms with Crippen LogP contribution in [-0.4, -0.2) is 50.8 Å². The molecule has 4 nitrogen and oxygen atoms in total. The van der Waals surface area contributed by atoms with E-state index in [9.17, 15) is 4.79 Å². The van der Waals surface area contributed by atoms with Gasteiger partial charge in [-0.1, -0.05) is 13.5 Å². The Morgan fingerprint density at radius 2 is 2.00 bits per heavy atom. The van der Waals surface area contributed by atoms with Gasteiger partial charge in [0.05, 0.1) is 13.2 Å². The molecule has 0 aliphatic heterocycles. The van der Waals surface area contributed by atoms with Gasteiger partial charge in [-0.15, -0.1) is 0 Å². The molecule has 0 radical (unpaired) electrons. The first kappa shape index (κ1) is 14.1. The number of nitrogens with zero attached hydrogens (tertiary/aromatic N) is 1. The molecule has 0 fully saturated rings. The summed E-state index contributed by atoms with van der Waals surface area (Å²) >= 11 is 0. The molecule has 0 N–H and O–H groups in total. The predicted molar refractivity (Wildman–Crippen MR) is 59.8 cm³/mol. The Kier molecular flexibility index (Phi) is 7.95. The van der Waals surface area contributed by atoms with Gasteiger partial charge in [0, 0.05) is 12.1 Å². The van der Waals surface area contributed by atoms with Crippen LogP contribution < -0.4 is 0 Å². The van der Waals surface area contributed by atoms with Crippen molar-refractivity contribution in [1.82, 2.24) is 4.90 Å². The van der Waals surface area contributed by atoms with E-state index in [-0.39, 0.29) is 5.97 Å². The highest BCUT2D eigenvalue weighted by atomic mass is 16.6. The van der Waals surface area contributed by atoms with Crippen molar-refractivity contribution >= 4 is 5.97 Å². The standard InChI is InChI=1S/C11H21NO3/c1-5-12(4)6-7-14-8-9-15-11(13)10(2)3/h2,5-9H2,1,3-4H3. The van der Waals surface area contributed by atoms with E-state index in [2.05, 4.69) is 18.4 Å². The van der Waals surface area contributed by atoms with Crippen molar-refractivity contribution in [3.8, 4) is 0 Å². The molecule has 0 aromatic heterocycles. The van der Waals surface area contributed by atoms with Crippen molar-refractivity contribution in [2.45, 2.75) is 13.8 Å². The maximum absolute atomic E-state index is 10.9. The lowest BCUT2D eigenvalue weighted by Gasteiger charge is -2.13. The molecule has 0 unspecified atom stereocenters. The van der Waals surface area contributed by atoms with Gasteiger partial charge in [-0.2, -0.15) is 0 Å². The smallest absolute Gasteiger partial charge is 0.333 e. The second-order valence-electron chi connectivity index (χ2n) is 3.42. The maximum atomic E-state index is 10.9. The average molecular weight is 215 g/mol. The van der Waals surface area contributed by atoms with Gasteiger partial charge in [0.2, 0.25) is 0 Å². The van der Waals surface area contributed by atoms with Crippen LogP contribution >= 0.6 is 0 Å². The van der Waals surface area contributed by atoms with Crippen LogP contribution in [0, 0.1) is 0 Å². The van der Waals surface area contributed by atoms with E-state index in [1.165, 1.54) is 0 Å². The van der Waals surface area contributed by atoms with Gasteiger partial charge in [-0.3, -0.25) is 0 Å². The summed E-state index contributed by atoms with van der Waals surface area (Å²) in [5.41, 5.74) is 0.417. The average Bonchev–Trinajstić information content (AvgIpc) is 2.22. The molecule has 0 saturated carbocycles. The van der Waals surface area contributed by atoms with Crippen LogP contribution in [0.25, 0.3) is 0 Å². The van der Waals surface area contributed by atoms with Gasteiger partial charge in [-0.05, 0) is 20.5 Å². The molecule has 0 spiro atoms. The van der Waals surface area contributed by atoms with E-state index < -0.39 is 0 Å². The lowest BCUT2D eigenvalue weighted by Crippen LogP contribution is -2.23. The van der Waals surface area contributed by atoms with Crippen molar-refractivity contribution in [3.05, 3.63) is 12.2 Å². The maximum Gasteiger partial charge on any atom is 0.333 e. The molecule has 0 atom stereocenters. The van der Waals surface area contributed by atoms with E-state index >= 15 is 0 Å². The van der Waals surface area contributed by atoms with Gasteiger partial charge in [0.1, 0.15) is 6.61 Å². The Labute approximate surface area is 91.8 Å². The van der Waals surface area contributed by atoms with Crippen molar-refractivity contribution in [2.24, 2.45) is 0 Å². The lowest BCUT2D eigenvalue weighted by molar-refractivity contribution is -0.140. The molecule has 0 bridgehead atoms. The molecule has 15 heavy (non-hydrogen) atoms. The lowest BCUT2D eigenvalue weighted by atomic mass is 10.4. The first-order chi connectivity index (χ1) is 7.07. The zero-order chi connectivity index (χ0) is 11.7. The second kappa shape index (κ2) is 8.44. The van der Waals surface area contributed by atoms with Gasteiger partial charge in [-0.25, -0.2) is 4.79 Å². The number of rotatable bonds is 8. The molecule has 4 heteroatoms. The number of likely N-dealkylation sites (N-methyl/N-ethyl adjacent to an activating group) is 1. The zero-order valence-corrected chi connectivity index (χ0v) is 9.91. The zero-order valence-electron chi connectivity index (χ0n) is 9.91. The van der Waals surface area contributed by atoms with Crippen LogP contribution in [0.4, 0.5) is 0 Å². The summed E-state index contributed by atoms with van der Waals surface area (Å²) < 4.78 is 10.1. The Balaban J connectivity index is 3.25. The molecule has 0 heterocycles. The molecule has 0 rings (SSSR count). The summed E-state index contributed by atoms with van der Waals surface area (Å²) in [4.78, 5) is 13.1. The molecule has 0 saturated heterocycles. The molecular weight excluding hydrogens is 194 g/mol. The fourth-order valence-corrected chi connectivity index (χ4v) is 0.797. The third-order valence-electron chi connectivity index (χ3n) is 1.97. The van der Waals surface area contributed by atoms with Gasteiger partial charge >= 0.3 is 5.97 Å². The molecule has 0 amide bonds. The molecular formula is C11H21NO3. The van der Waals surface area contributed by atoms with Gasteiger partial charge < -0.3 is 14.4 Å². The summed E-state index contributed by atoms with van der Waals surface area (Å²) in [5, 5.41) is 0. The van der Waals surface area contributed by atoms with Crippen LogP contribution in [0.3, 0.4) is 0 Å². The summed E-state index contributed by atoms with van der Waals surface area (Å²) in [7, 11) is 2.03. The van der Waals surface area contributed by atoms with E-state index in [0.29, 0.717) is 25.4 Å². The number of ether oxygens (including phenoxy) is 2. The summed E-state index contributed by atoms with van der Waals surface area (Å²) in [6.45, 7) is 10.5. The second-order valence-corrected chi connectivity index (χ2v) is 3.42. The largest absolute Gasteiger partial charge is 0.460 e. The number of carbonyl (C=O) groups is 1. The minimum absolute atomic E-state index is 0.293. The van der Waals surface area contributed by atoms with Crippen LogP contribution in [0.1, 0.15) is 13.8 Å². The molecule has 0 aromatic carbocycles. The molecule has 0 aliphatic rings. The van der Waals surface area contributed by atoms with Crippen LogP contribution in [0.5, 0.6) is 0 Å². The van der Waals surface area contributed by atoms with Crippen molar-refractivity contribution in [1.29, 1.82) is 0 Å². The molecule has 0 aliphatic carbocycles. The highest BCUT2D eigenvalue weighted by Gasteiger charge is 2.01. The predicted octanol–water partition coefficient (Wildman–Crippen LogP) is 1.07. The minimum atomic E-state index is -0.357. The van der Waals surface area contributed by atoms with Crippen molar-refractivity contribution in [3.63, 3.8) is 0 Å². The van der Waals surface area contributed by atoms with E-state index in [1.54, 1.807) is 6.92 Å². The highest BCUT2D eigenvalue weighted by molar-refractivity contribution is 5.86. The van der Waals surface area contributed by atoms with Crippen LogP contribution in [0.2, 0.25) is 0 Å². The van der Waals surface area contributed by atoms with Crippen molar-refractivity contribution in [2.75, 3.05) is 40.0 Å². The number of carbonyl (C=O) groups excluding carboxylic acids is 1. The quantitative estimate of drug-likeness (QED) is 0.345. The third kappa shape index (κ3) is 8.15. The fourth-order valence-electron chi connectivity index (χ4n) is 0.797. The van der Waals surface area contributed by atoms with E-state index in [0.717, 1.165) is 13.1 Å². The van der Waals surface area contributed by atoms with Crippen molar-refractivity contribution < 1.29 is 14.3 Å². The Morgan fingerprint density at radius 3 is 2.53 bits per heavy atom. The first-order valence-corrected chi connectivity index (χ1v) is 5.16. The highest BCUT2D eigenvalue weighted by Crippen LogP contribution is 1.91. The fraction of sp³-hybridized carbons (Fsp3) is 0.727. The van der Waals surface area contributed by atoms with E-state index in [4.69, 9.17) is 9.47 Å². The summed E-state index contributed by atoms with van der Waals surface area (Å²) in [6, 6.07) is 0.